The summed E-state index contributed by atoms with van der Waals surface area (Å²) in [6, 6.07) is 13.2. The van der Waals surface area contributed by atoms with E-state index in [2.05, 4.69) is 22.0 Å². The van der Waals surface area contributed by atoms with Crippen LogP contribution in [0.25, 0.3) is 16.8 Å². The number of aromatic nitrogens is 2. The number of nitrogens with zero attached hydrogens (tertiary/aromatic N) is 4. The van der Waals surface area contributed by atoms with E-state index in [4.69, 9.17) is 28.3 Å². The molecular weight excluding hydrogens is 493 g/mol. The van der Waals surface area contributed by atoms with Gasteiger partial charge in [-0.3, -0.25) is 5.43 Å². The molecule has 0 saturated heterocycles. The Morgan fingerprint density at radius 2 is 1.68 bits per heavy atom. The Morgan fingerprint density at radius 1 is 1.03 bits per heavy atom. The fraction of sp³-hybridized carbons (Fsp3) is 0.167. The van der Waals surface area contributed by atoms with Gasteiger partial charge in [-0.15, -0.1) is 4.40 Å². The minimum atomic E-state index is -4.04. The molecule has 2 aromatic carbocycles. The summed E-state index contributed by atoms with van der Waals surface area (Å²) in [5.41, 5.74) is 6.36. The van der Waals surface area contributed by atoms with Crippen molar-refractivity contribution >= 4 is 44.8 Å². The maximum absolute atomic E-state index is 13.0. The lowest BCUT2D eigenvalue weighted by molar-refractivity contribution is 0.355. The van der Waals surface area contributed by atoms with E-state index >= 15 is 0 Å². The fourth-order valence-electron chi connectivity index (χ4n) is 3.41. The van der Waals surface area contributed by atoms with Gasteiger partial charge in [0.15, 0.2) is 0 Å². The number of benzene rings is 2. The van der Waals surface area contributed by atoms with Crippen LogP contribution in [-0.2, 0) is 10.0 Å². The number of hydrogen-bond donors (Lipinski definition) is 1. The Kier molecular flexibility index (Phi) is 7.23. The Balaban J connectivity index is 1.85. The molecule has 4 rings (SSSR count). The summed E-state index contributed by atoms with van der Waals surface area (Å²) in [6.07, 6.45) is 9.96. The molecule has 176 valence electrons. The Hall–Kier alpha value is -2.91. The third-order valence-electron chi connectivity index (χ3n) is 5.00. The van der Waals surface area contributed by atoms with Gasteiger partial charge < -0.3 is 0 Å². The quantitative estimate of drug-likeness (QED) is 0.285. The monoisotopic (exact) mass is 515 g/mol. The molecule has 3 aromatic rings. The van der Waals surface area contributed by atoms with E-state index in [0.29, 0.717) is 15.7 Å². The van der Waals surface area contributed by atoms with Crippen LogP contribution < -0.4 is 5.43 Å². The molecule has 1 aromatic heterocycles. The first-order valence-corrected chi connectivity index (χ1v) is 12.7. The van der Waals surface area contributed by atoms with Crippen LogP contribution in [0.1, 0.15) is 18.4 Å². The van der Waals surface area contributed by atoms with Crippen molar-refractivity contribution in [2.24, 2.45) is 4.40 Å². The highest BCUT2D eigenvalue weighted by molar-refractivity contribution is 7.90. The van der Waals surface area contributed by atoms with Crippen molar-refractivity contribution in [3.8, 4) is 11.3 Å². The molecule has 1 heterocycles. The van der Waals surface area contributed by atoms with Crippen molar-refractivity contribution < 1.29 is 8.42 Å². The van der Waals surface area contributed by atoms with Gasteiger partial charge in [0.2, 0.25) is 5.96 Å². The summed E-state index contributed by atoms with van der Waals surface area (Å²) >= 11 is 12.0. The topological polar surface area (TPSA) is 79.6 Å². The number of allylic oxidation sites excluding steroid dienone is 4. The number of hydrazine groups is 1. The smallest absolute Gasteiger partial charge is 0.285 e. The second kappa shape index (κ2) is 10.1. The van der Waals surface area contributed by atoms with Crippen LogP contribution in [-0.4, -0.2) is 43.3 Å². The number of sulfonamides is 1. The largest absolute Gasteiger partial charge is 0.287 e. The highest BCUT2D eigenvalue weighted by Crippen LogP contribution is 2.31. The number of hydrogen-bond acceptors (Lipinski definition) is 4. The first-order chi connectivity index (χ1) is 16.2. The van der Waals surface area contributed by atoms with Crippen molar-refractivity contribution in [2.45, 2.75) is 17.7 Å². The van der Waals surface area contributed by atoms with E-state index in [9.17, 15) is 8.42 Å². The molecule has 0 saturated carbocycles. The van der Waals surface area contributed by atoms with Crippen molar-refractivity contribution in [2.75, 3.05) is 14.1 Å². The van der Waals surface area contributed by atoms with Gasteiger partial charge in [0.25, 0.3) is 10.0 Å². The van der Waals surface area contributed by atoms with E-state index < -0.39 is 10.0 Å². The predicted octanol–water partition coefficient (Wildman–Crippen LogP) is 5.25. The standard InChI is InChI=1S/C24H23Cl2N5O2S/c1-30(2)28-24(29-34(32,33)21-14-12-20(26)13-15-21)31-16-22(17-6-4-3-5-7-17)23(27-31)18-8-10-19(25)11-9-18/h4,6-16H,3,5H2,1-2H3,(H,28,29). The highest BCUT2D eigenvalue weighted by atomic mass is 35.5. The van der Waals surface area contributed by atoms with Crippen molar-refractivity contribution in [1.82, 2.24) is 20.2 Å². The highest BCUT2D eigenvalue weighted by Gasteiger charge is 2.21. The summed E-state index contributed by atoms with van der Waals surface area (Å²) in [6.45, 7) is 0. The van der Waals surface area contributed by atoms with Gasteiger partial charge in [-0.05, 0) is 54.8 Å². The minimum Gasteiger partial charge on any atom is -0.287 e. The Morgan fingerprint density at radius 3 is 2.26 bits per heavy atom. The summed E-state index contributed by atoms with van der Waals surface area (Å²) in [5, 5.41) is 7.38. The van der Waals surface area contributed by atoms with Crippen LogP contribution in [0.2, 0.25) is 10.0 Å². The average Bonchev–Trinajstić information content (AvgIpc) is 3.25. The van der Waals surface area contributed by atoms with Crippen molar-refractivity contribution in [1.29, 1.82) is 0 Å². The second-order valence-electron chi connectivity index (χ2n) is 7.83. The van der Waals surface area contributed by atoms with Crippen LogP contribution in [0.4, 0.5) is 0 Å². The molecule has 10 heteroatoms. The average molecular weight is 516 g/mol. The van der Waals surface area contributed by atoms with Gasteiger partial charge >= 0.3 is 0 Å². The summed E-state index contributed by atoms with van der Waals surface area (Å²) in [7, 11) is -0.561. The van der Waals surface area contributed by atoms with Gasteiger partial charge in [-0.2, -0.15) is 13.5 Å². The molecule has 0 radical (unpaired) electrons. The van der Waals surface area contributed by atoms with E-state index in [1.807, 2.05) is 18.2 Å². The lowest BCUT2D eigenvalue weighted by Gasteiger charge is -2.15. The Labute approximate surface area is 209 Å². The predicted molar refractivity (Wildman–Crippen MR) is 137 cm³/mol. The molecule has 1 N–H and O–H groups in total. The van der Waals surface area contributed by atoms with Gasteiger partial charge in [-0.25, -0.2) is 9.69 Å². The summed E-state index contributed by atoms with van der Waals surface area (Å²) < 4.78 is 31.6. The molecule has 0 unspecified atom stereocenters. The fourth-order valence-corrected chi connectivity index (χ4v) is 4.60. The Bertz CT molecular complexity index is 1370. The van der Waals surface area contributed by atoms with Crippen molar-refractivity contribution in [3.05, 3.63) is 88.6 Å². The van der Waals surface area contributed by atoms with Crippen LogP contribution in [0.3, 0.4) is 0 Å². The summed E-state index contributed by atoms with van der Waals surface area (Å²) in [4.78, 5) is 0.0261. The van der Waals surface area contributed by atoms with Crippen LogP contribution in [0, 0.1) is 0 Å². The van der Waals surface area contributed by atoms with E-state index in [-0.39, 0.29) is 10.9 Å². The molecule has 0 spiro atoms. The third kappa shape index (κ3) is 5.59. The van der Waals surface area contributed by atoms with Gasteiger partial charge in [0.1, 0.15) is 5.69 Å². The van der Waals surface area contributed by atoms with Gasteiger partial charge in [0, 0.05) is 41.5 Å². The number of nitrogens with one attached hydrogen (secondary N) is 1. The molecule has 0 amide bonds. The molecule has 0 atom stereocenters. The first-order valence-electron chi connectivity index (χ1n) is 10.5. The molecule has 0 bridgehead atoms. The van der Waals surface area contributed by atoms with Crippen LogP contribution in [0.15, 0.2) is 82.2 Å². The van der Waals surface area contributed by atoms with Crippen LogP contribution in [0.5, 0.6) is 0 Å². The molecule has 1 aliphatic carbocycles. The van der Waals surface area contributed by atoms with Crippen LogP contribution >= 0.6 is 23.2 Å². The zero-order valence-corrected chi connectivity index (χ0v) is 20.9. The maximum Gasteiger partial charge on any atom is 0.285 e. The zero-order chi connectivity index (χ0) is 24.3. The number of rotatable bonds is 5. The zero-order valence-electron chi connectivity index (χ0n) is 18.6. The van der Waals surface area contributed by atoms with E-state index in [1.54, 1.807) is 37.4 Å². The van der Waals surface area contributed by atoms with Gasteiger partial charge in [0.05, 0.1) is 4.90 Å². The SMILES string of the molecule is CN(C)NC(=NS(=O)(=O)c1ccc(Cl)cc1)n1cc(C2=CCCC=C2)c(-c2ccc(Cl)cc2)n1. The van der Waals surface area contributed by atoms with E-state index in [0.717, 1.165) is 29.5 Å². The van der Waals surface area contributed by atoms with Gasteiger partial charge in [-0.1, -0.05) is 53.6 Å². The maximum atomic E-state index is 13.0. The molecular formula is C24H23Cl2N5O2S. The molecule has 7 nitrogen and oxygen atoms in total. The first kappa shape index (κ1) is 24.2. The molecule has 1 aliphatic rings. The molecule has 0 fully saturated rings. The lowest BCUT2D eigenvalue weighted by Crippen LogP contribution is -2.41. The molecule has 0 aliphatic heterocycles. The lowest BCUT2D eigenvalue weighted by atomic mass is 9.97. The second-order valence-corrected chi connectivity index (χ2v) is 10.3. The molecule has 34 heavy (non-hydrogen) atoms. The number of halogens is 2. The normalized spacial score (nSPS) is 14.4. The summed E-state index contributed by atoms with van der Waals surface area (Å²) in [5.74, 6) is 0.0294. The van der Waals surface area contributed by atoms with Crippen molar-refractivity contribution in [3.63, 3.8) is 0 Å². The minimum absolute atomic E-state index is 0.0261. The third-order valence-corrected chi connectivity index (χ3v) is 6.78. The van der Waals surface area contributed by atoms with E-state index in [1.165, 1.54) is 28.9 Å².